The number of alkyl halides is 3. The van der Waals surface area contributed by atoms with Gasteiger partial charge in [0.05, 0.1) is 12.2 Å². The fraction of sp³-hybridized carbons (Fsp3) is 0.368. The predicted octanol–water partition coefficient (Wildman–Crippen LogP) is 3.57. The van der Waals surface area contributed by atoms with Gasteiger partial charge < -0.3 is 9.84 Å². The first-order valence-corrected chi connectivity index (χ1v) is 8.74. The van der Waals surface area contributed by atoms with Gasteiger partial charge in [0.1, 0.15) is 17.7 Å². The third-order valence-electron chi connectivity index (χ3n) is 4.63. The number of aliphatic hydroxyl groups is 1. The van der Waals surface area contributed by atoms with Gasteiger partial charge in [0, 0.05) is 11.8 Å². The molecule has 0 radical (unpaired) electrons. The van der Waals surface area contributed by atoms with E-state index in [1.54, 1.807) is 18.3 Å². The Morgan fingerprint density at radius 3 is 2.14 bits per heavy atom. The topological polar surface area (TPSA) is 86.0 Å². The summed E-state index contributed by atoms with van der Waals surface area (Å²) in [6, 6.07) is 8.92. The summed E-state index contributed by atoms with van der Waals surface area (Å²) in [4.78, 5) is 4.41. The van der Waals surface area contributed by atoms with Crippen LogP contribution >= 0.6 is 0 Å². The zero-order chi connectivity index (χ0) is 21.3. The minimum atomic E-state index is -4.73. The van der Waals surface area contributed by atoms with E-state index in [1.807, 2.05) is 20.8 Å². The van der Waals surface area contributed by atoms with Crippen LogP contribution in [0.4, 0.5) is 13.2 Å². The Hall–Kier alpha value is -3.01. The van der Waals surface area contributed by atoms with Crippen LogP contribution in [0.5, 0.6) is 5.75 Å². The second-order valence-electron chi connectivity index (χ2n) is 7.62. The van der Waals surface area contributed by atoms with Crippen LogP contribution in [0.2, 0.25) is 0 Å². The summed E-state index contributed by atoms with van der Waals surface area (Å²) >= 11 is 0. The summed E-state index contributed by atoms with van der Waals surface area (Å²) in [5.74, 6) is -0.297. The second kappa shape index (κ2) is 7.43. The second-order valence-corrected chi connectivity index (χ2v) is 7.62. The van der Waals surface area contributed by atoms with Crippen molar-refractivity contribution in [2.75, 3.05) is 0 Å². The maximum atomic E-state index is 12.3. The Morgan fingerprint density at radius 1 is 1.00 bits per heavy atom. The van der Waals surface area contributed by atoms with Crippen molar-refractivity contribution < 1.29 is 23.0 Å². The van der Waals surface area contributed by atoms with Crippen molar-refractivity contribution in [3.05, 3.63) is 54.6 Å². The van der Waals surface area contributed by atoms with Crippen LogP contribution in [0.3, 0.4) is 0 Å². The number of ether oxygens (including phenoxy) is 1. The molecule has 0 saturated heterocycles. The van der Waals surface area contributed by atoms with E-state index in [4.69, 9.17) is 0 Å². The molecule has 1 aromatic carbocycles. The number of tetrazole rings is 1. The molecule has 1 N–H and O–H groups in total. The Bertz CT molecular complexity index is 936. The molecule has 7 nitrogen and oxygen atoms in total. The summed E-state index contributed by atoms with van der Waals surface area (Å²) < 4.78 is 42.2. The van der Waals surface area contributed by atoms with Crippen LogP contribution in [-0.2, 0) is 12.1 Å². The molecule has 3 rings (SSSR count). The van der Waals surface area contributed by atoms with Crippen LogP contribution in [-0.4, -0.2) is 36.7 Å². The molecule has 29 heavy (non-hydrogen) atoms. The SMILES string of the molecule is CC(C)(C)C(O)(Cn1cnnn1)c1ccc(-c2ccc(OC(F)(F)F)cc2)cn1. The van der Waals surface area contributed by atoms with Gasteiger partial charge in [0.25, 0.3) is 0 Å². The molecule has 0 aliphatic rings. The van der Waals surface area contributed by atoms with Crippen molar-refractivity contribution in [1.82, 2.24) is 25.2 Å². The van der Waals surface area contributed by atoms with Gasteiger partial charge in [-0.1, -0.05) is 39.0 Å². The van der Waals surface area contributed by atoms with Crippen molar-refractivity contribution >= 4 is 0 Å². The Kier molecular flexibility index (Phi) is 5.31. The molecule has 0 aliphatic heterocycles. The van der Waals surface area contributed by atoms with Gasteiger partial charge in [-0.05, 0) is 39.6 Å². The lowest BCUT2D eigenvalue weighted by Gasteiger charge is -2.39. The normalized spacial score (nSPS) is 14.4. The first-order chi connectivity index (χ1) is 13.5. The number of hydrogen-bond donors (Lipinski definition) is 1. The number of hydrogen-bond acceptors (Lipinski definition) is 6. The molecule has 0 amide bonds. The van der Waals surface area contributed by atoms with Crippen molar-refractivity contribution in [3.63, 3.8) is 0 Å². The van der Waals surface area contributed by atoms with Gasteiger partial charge in [0.15, 0.2) is 0 Å². The number of rotatable bonds is 5. The number of benzene rings is 1. The minimum absolute atomic E-state index is 0.110. The largest absolute Gasteiger partial charge is 0.573 e. The van der Waals surface area contributed by atoms with Gasteiger partial charge in [0.2, 0.25) is 0 Å². The van der Waals surface area contributed by atoms with E-state index in [9.17, 15) is 18.3 Å². The van der Waals surface area contributed by atoms with Crippen LogP contribution in [0.1, 0.15) is 26.5 Å². The van der Waals surface area contributed by atoms with Gasteiger partial charge in [-0.2, -0.15) is 0 Å². The molecular formula is C19H20F3N5O2. The maximum Gasteiger partial charge on any atom is 0.573 e. The summed E-state index contributed by atoms with van der Waals surface area (Å²) in [7, 11) is 0. The maximum absolute atomic E-state index is 12.3. The van der Waals surface area contributed by atoms with Crippen molar-refractivity contribution in [1.29, 1.82) is 0 Å². The highest BCUT2D eigenvalue weighted by Gasteiger charge is 2.43. The number of halogens is 3. The molecule has 0 spiro atoms. The van der Waals surface area contributed by atoms with Crippen LogP contribution < -0.4 is 4.74 Å². The van der Waals surface area contributed by atoms with Crippen molar-refractivity contribution in [3.8, 4) is 16.9 Å². The predicted molar refractivity (Wildman–Crippen MR) is 97.5 cm³/mol. The average molecular weight is 407 g/mol. The number of pyridine rings is 1. The van der Waals surface area contributed by atoms with E-state index in [0.29, 0.717) is 16.8 Å². The molecule has 0 fully saturated rings. The first kappa shape index (κ1) is 20.7. The van der Waals surface area contributed by atoms with E-state index in [2.05, 4.69) is 25.2 Å². The number of aromatic nitrogens is 5. The molecule has 0 aliphatic carbocycles. The summed E-state index contributed by atoms with van der Waals surface area (Å²) in [6.07, 6.45) is -1.76. The molecule has 2 aromatic heterocycles. The quantitative estimate of drug-likeness (QED) is 0.696. The molecule has 2 heterocycles. The van der Waals surface area contributed by atoms with Gasteiger partial charge in [-0.15, -0.1) is 18.3 Å². The first-order valence-electron chi connectivity index (χ1n) is 8.74. The van der Waals surface area contributed by atoms with Gasteiger partial charge >= 0.3 is 6.36 Å². The van der Waals surface area contributed by atoms with Crippen LogP contribution in [0, 0.1) is 5.41 Å². The fourth-order valence-electron chi connectivity index (χ4n) is 2.85. The monoisotopic (exact) mass is 407 g/mol. The lowest BCUT2D eigenvalue weighted by molar-refractivity contribution is -0.274. The molecule has 0 bridgehead atoms. The van der Waals surface area contributed by atoms with E-state index in [0.717, 1.165) is 0 Å². The highest BCUT2D eigenvalue weighted by Crippen LogP contribution is 2.40. The van der Waals surface area contributed by atoms with E-state index in [-0.39, 0.29) is 12.3 Å². The van der Waals surface area contributed by atoms with Gasteiger partial charge in [-0.25, -0.2) is 4.68 Å². The molecule has 3 aromatic rings. The molecule has 0 saturated carbocycles. The Balaban J connectivity index is 1.86. The van der Waals surface area contributed by atoms with E-state index < -0.39 is 17.4 Å². The summed E-state index contributed by atoms with van der Waals surface area (Å²) in [5, 5.41) is 22.4. The molecular weight excluding hydrogens is 387 g/mol. The highest BCUT2D eigenvalue weighted by atomic mass is 19.4. The molecule has 10 heteroatoms. The van der Waals surface area contributed by atoms with Crippen LogP contribution in [0.25, 0.3) is 11.1 Å². The third kappa shape index (κ3) is 4.70. The smallest absolute Gasteiger partial charge is 0.406 e. The zero-order valence-electron chi connectivity index (χ0n) is 16.1. The van der Waals surface area contributed by atoms with E-state index >= 15 is 0 Å². The summed E-state index contributed by atoms with van der Waals surface area (Å²) in [5.41, 5.74) is -0.152. The molecule has 1 unspecified atom stereocenters. The zero-order valence-corrected chi connectivity index (χ0v) is 16.1. The standard InChI is InChI=1S/C19H20F3N5O2/c1-17(2,3)18(28,11-27-12-24-25-26-27)16-9-6-14(10-23-16)13-4-7-15(8-5-13)29-19(20,21)22/h4-10,12,28H,11H2,1-3H3. The average Bonchev–Trinajstić information content (AvgIpc) is 3.13. The fourth-order valence-corrected chi connectivity index (χ4v) is 2.85. The summed E-state index contributed by atoms with van der Waals surface area (Å²) in [6.45, 7) is 5.75. The molecule has 1 atom stereocenters. The number of nitrogens with zero attached hydrogens (tertiary/aromatic N) is 5. The minimum Gasteiger partial charge on any atom is -0.406 e. The third-order valence-corrected chi connectivity index (χ3v) is 4.63. The van der Waals surface area contributed by atoms with Crippen molar-refractivity contribution in [2.45, 2.75) is 39.3 Å². The lowest BCUT2D eigenvalue weighted by atomic mass is 9.74. The Labute approximate surface area is 165 Å². The van der Waals surface area contributed by atoms with Crippen LogP contribution in [0.15, 0.2) is 48.9 Å². The van der Waals surface area contributed by atoms with Crippen molar-refractivity contribution in [2.24, 2.45) is 5.41 Å². The lowest BCUT2D eigenvalue weighted by Crippen LogP contribution is -2.44. The van der Waals surface area contributed by atoms with E-state index in [1.165, 1.54) is 35.3 Å². The van der Waals surface area contributed by atoms with Gasteiger partial charge in [-0.3, -0.25) is 4.98 Å². The molecule has 154 valence electrons. The Morgan fingerprint density at radius 2 is 1.66 bits per heavy atom. The highest BCUT2D eigenvalue weighted by molar-refractivity contribution is 5.63.